The molecular weight excluding hydrogens is 124 g/mol. The molecule has 1 aliphatic carbocycles. The molecule has 0 aromatic rings. The smallest absolute Gasteiger partial charge is 0.120 e. The molecule has 56 valence electrons. The van der Waals surface area contributed by atoms with Crippen molar-refractivity contribution in [2.75, 3.05) is 0 Å². The number of nitrogens with two attached hydrogens (primary N) is 1. The van der Waals surface area contributed by atoms with Crippen LogP contribution in [0, 0.1) is 0 Å². The first kappa shape index (κ1) is 6.08. The maximum absolute atomic E-state index is 5.58. The molecule has 2 heteroatoms. The van der Waals surface area contributed by atoms with Crippen LogP contribution in [0.5, 0.6) is 0 Å². The maximum atomic E-state index is 5.58. The van der Waals surface area contributed by atoms with Gasteiger partial charge in [-0.1, -0.05) is 19.3 Å². The molecule has 1 heterocycles. The molecule has 0 spiro atoms. The van der Waals surface area contributed by atoms with E-state index >= 15 is 0 Å². The summed E-state index contributed by atoms with van der Waals surface area (Å²) in [6.45, 7) is 0. The summed E-state index contributed by atoms with van der Waals surface area (Å²) >= 11 is 0. The second-order valence-electron chi connectivity index (χ2n) is 3.25. The fraction of sp³-hybridized carbons (Fsp3) is 0.750. The van der Waals surface area contributed by atoms with Gasteiger partial charge < -0.3 is 10.6 Å². The predicted molar refractivity (Wildman–Crippen MR) is 41.0 cm³/mol. The molecule has 1 aliphatic heterocycles. The number of hydrogen-bond acceptors (Lipinski definition) is 2. The summed E-state index contributed by atoms with van der Waals surface area (Å²) in [7, 11) is 0. The van der Waals surface area contributed by atoms with E-state index in [1.807, 2.05) is 0 Å². The summed E-state index contributed by atoms with van der Waals surface area (Å²) in [5.74, 6) is 0.993. The topological polar surface area (TPSA) is 29.0 Å². The molecule has 0 atom stereocenters. The van der Waals surface area contributed by atoms with E-state index in [1.165, 1.54) is 32.1 Å². The first-order chi connectivity index (χ1) is 4.88. The Balaban J connectivity index is 1.82. The lowest BCUT2D eigenvalue weighted by Gasteiger charge is -2.23. The van der Waals surface area contributed by atoms with Gasteiger partial charge in [-0.25, -0.2) is 0 Å². The van der Waals surface area contributed by atoms with E-state index in [4.69, 9.17) is 5.73 Å². The maximum Gasteiger partial charge on any atom is 0.120 e. The molecule has 2 N–H and O–H groups in total. The van der Waals surface area contributed by atoms with Gasteiger partial charge in [-0.15, -0.1) is 0 Å². The van der Waals surface area contributed by atoms with Crippen molar-refractivity contribution in [3.8, 4) is 0 Å². The number of rotatable bonds is 1. The Hall–Kier alpha value is -0.660. The molecule has 0 aromatic heterocycles. The van der Waals surface area contributed by atoms with E-state index in [-0.39, 0.29) is 0 Å². The first-order valence-corrected chi connectivity index (χ1v) is 4.13. The minimum atomic E-state index is 0.758. The highest BCUT2D eigenvalue weighted by molar-refractivity contribution is 5.16. The van der Waals surface area contributed by atoms with Gasteiger partial charge in [0.15, 0.2) is 0 Å². The van der Waals surface area contributed by atoms with Crippen molar-refractivity contribution < 1.29 is 0 Å². The third-order valence-corrected chi connectivity index (χ3v) is 2.47. The van der Waals surface area contributed by atoms with E-state index in [2.05, 4.69) is 11.1 Å². The summed E-state index contributed by atoms with van der Waals surface area (Å²) < 4.78 is 0. The van der Waals surface area contributed by atoms with Crippen LogP contribution in [0.15, 0.2) is 12.0 Å². The highest BCUT2D eigenvalue weighted by Crippen LogP contribution is 2.29. The minimum absolute atomic E-state index is 0.758. The lowest BCUT2D eigenvalue weighted by atomic mass is 9.95. The average molecular weight is 138 g/mol. The van der Waals surface area contributed by atoms with Gasteiger partial charge >= 0.3 is 0 Å². The molecule has 10 heavy (non-hydrogen) atoms. The summed E-state index contributed by atoms with van der Waals surface area (Å²) in [5, 5.41) is 0. The largest absolute Gasteiger partial charge is 0.384 e. The summed E-state index contributed by atoms with van der Waals surface area (Å²) in [6.07, 6.45) is 8.94. The van der Waals surface area contributed by atoms with Crippen LogP contribution in [0.2, 0.25) is 0 Å². The van der Waals surface area contributed by atoms with E-state index < -0.39 is 0 Å². The van der Waals surface area contributed by atoms with Crippen LogP contribution >= 0.6 is 0 Å². The van der Waals surface area contributed by atoms with Crippen molar-refractivity contribution in [3.63, 3.8) is 0 Å². The van der Waals surface area contributed by atoms with Crippen molar-refractivity contribution >= 4 is 0 Å². The lowest BCUT2D eigenvalue weighted by molar-refractivity contribution is 0.307. The van der Waals surface area contributed by atoms with Gasteiger partial charge in [-0.2, -0.15) is 0 Å². The standard InChI is InChI=1S/C8H14N2/c9-8-6-10(8)7-4-2-1-3-5-7/h6-7H,1-5,9H2. The van der Waals surface area contributed by atoms with Crippen LogP contribution < -0.4 is 5.73 Å². The molecule has 0 radical (unpaired) electrons. The van der Waals surface area contributed by atoms with E-state index in [1.54, 1.807) is 0 Å². The molecular formula is C8H14N2. The van der Waals surface area contributed by atoms with Crippen molar-refractivity contribution in [1.82, 2.24) is 4.90 Å². The quantitative estimate of drug-likeness (QED) is 0.593. The highest BCUT2D eigenvalue weighted by atomic mass is 15.3. The Morgan fingerprint density at radius 3 is 2.40 bits per heavy atom. The lowest BCUT2D eigenvalue weighted by Crippen LogP contribution is -2.24. The molecule has 0 bridgehead atoms. The van der Waals surface area contributed by atoms with Crippen LogP contribution in [0.1, 0.15) is 32.1 Å². The normalized spacial score (nSPS) is 26.4. The molecule has 2 rings (SSSR count). The molecule has 0 unspecified atom stereocenters. The van der Waals surface area contributed by atoms with Crippen LogP contribution in [0.4, 0.5) is 0 Å². The van der Waals surface area contributed by atoms with Gasteiger partial charge in [-0.3, -0.25) is 0 Å². The van der Waals surface area contributed by atoms with Gasteiger partial charge in [0, 0.05) is 12.2 Å². The third kappa shape index (κ3) is 0.981. The highest BCUT2D eigenvalue weighted by Gasteiger charge is 2.27. The number of nitrogens with zero attached hydrogens (tertiary/aromatic N) is 1. The molecule has 0 aromatic carbocycles. The second kappa shape index (κ2) is 2.19. The van der Waals surface area contributed by atoms with Crippen molar-refractivity contribution in [2.45, 2.75) is 38.1 Å². The summed E-state index contributed by atoms with van der Waals surface area (Å²) in [4.78, 5) is 2.22. The van der Waals surface area contributed by atoms with E-state index in [0.29, 0.717) is 0 Å². The van der Waals surface area contributed by atoms with Crippen molar-refractivity contribution in [3.05, 3.63) is 12.0 Å². The first-order valence-electron chi connectivity index (χ1n) is 4.13. The third-order valence-electron chi connectivity index (χ3n) is 2.47. The zero-order valence-corrected chi connectivity index (χ0v) is 6.21. The Bertz CT molecular complexity index is 157. The van der Waals surface area contributed by atoms with Gasteiger partial charge in [0.1, 0.15) is 5.82 Å². The zero-order chi connectivity index (χ0) is 6.97. The Morgan fingerprint density at radius 1 is 1.30 bits per heavy atom. The van der Waals surface area contributed by atoms with E-state index in [9.17, 15) is 0 Å². The molecule has 2 nitrogen and oxygen atoms in total. The minimum Gasteiger partial charge on any atom is -0.384 e. The fourth-order valence-corrected chi connectivity index (χ4v) is 1.79. The predicted octanol–water partition coefficient (Wildman–Crippen LogP) is 1.39. The van der Waals surface area contributed by atoms with E-state index in [0.717, 1.165) is 11.9 Å². The second-order valence-corrected chi connectivity index (χ2v) is 3.25. The molecule has 0 saturated heterocycles. The van der Waals surface area contributed by atoms with Crippen LogP contribution in [-0.2, 0) is 0 Å². The monoisotopic (exact) mass is 138 g/mol. The van der Waals surface area contributed by atoms with Gasteiger partial charge in [0.05, 0.1) is 0 Å². The fourth-order valence-electron chi connectivity index (χ4n) is 1.79. The average Bonchev–Trinajstić information content (AvgIpc) is 2.69. The van der Waals surface area contributed by atoms with Crippen LogP contribution in [0.3, 0.4) is 0 Å². The zero-order valence-electron chi connectivity index (χ0n) is 6.21. The molecule has 0 amide bonds. The molecule has 1 fully saturated rings. The van der Waals surface area contributed by atoms with Crippen LogP contribution in [-0.4, -0.2) is 10.9 Å². The molecule has 2 aliphatic rings. The SMILES string of the molecule is NC1=CN1C1CCCCC1. The Morgan fingerprint density at radius 2 is 1.90 bits per heavy atom. The van der Waals surface area contributed by atoms with Gasteiger partial charge in [-0.05, 0) is 12.8 Å². The Labute approximate surface area is 61.7 Å². The Kier molecular flexibility index (Phi) is 1.33. The van der Waals surface area contributed by atoms with Gasteiger partial charge in [0.25, 0.3) is 0 Å². The van der Waals surface area contributed by atoms with Crippen LogP contribution in [0.25, 0.3) is 0 Å². The van der Waals surface area contributed by atoms with Crippen molar-refractivity contribution in [2.24, 2.45) is 5.73 Å². The van der Waals surface area contributed by atoms with Gasteiger partial charge in [0.2, 0.25) is 0 Å². The summed E-state index contributed by atoms with van der Waals surface area (Å²) in [6, 6.07) is 0.758. The number of hydrogen-bond donors (Lipinski definition) is 1. The summed E-state index contributed by atoms with van der Waals surface area (Å²) in [5.41, 5.74) is 5.58. The van der Waals surface area contributed by atoms with Crippen molar-refractivity contribution in [1.29, 1.82) is 0 Å². The molecule has 1 saturated carbocycles.